The summed E-state index contributed by atoms with van der Waals surface area (Å²) in [6.07, 6.45) is -2.35. The first-order valence-corrected chi connectivity index (χ1v) is 7.87. The molecule has 5 atom stereocenters. The Balaban J connectivity index is 1.80. The van der Waals surface area contributed by atoms with Crippen LogP contribution in [0.4, 0.5) is 13.2 Å². The predicted octanol–water partition coefficient (Wildman–Crippen LogP) is 2.97. The Morgan fingerprint density at radius 3 is 2.62 bits per heavy atom. The number of methoxy groups -OCH3 is 1. The maximum atomic E-state index is 12.6. The highest BCUT2D eigenvalue weighted by Crippen LogP contribution is 2.57. The van der Waals surface area contributed by atoms with Gasteiger partial charge in [0.2, 0.25) is 0 Å². The lowest BCUT2D eigenvalue weighted by Gasteiger charge is -2.35. The van der Waals surface area contributed by atoms with E-state index in [0.29, 0.717) is 12.2 Å². The molecule has 0 unspecified atom stereocenters. The van der Waals surface area contributed by atoms with Gasteiger partial charge >= 0.3 is 6.18 Å². The van der Waals surface area contributed by atoms with Crippen molar-refractivity contribution >= 4 is 5.78 Å². The van der Waals surface area contributed by atoms with E-state index in [9.17, 15) is 18.0 Å². The number of ketones is 1. The average Bonchev–Trinajstić information content (AvgIpc) is 3.38. The zero-order valence-corrected chi connectivity index (χ0v) is 14.1. The van der Waals surface area contributed by atoms with Crippen molar-refractivity contribution in [1.82, 2.24) is 0 Å². The maximum Gasteiger partial charge on any atom is 0.412 e. The molecule has 24 heavy (non-hydrogen) atoms. The molecule has 0 N–H and O–H groups in total. The summed E-state index contributed by atoms with van der Waals surface area (Å²) in [4.78, 5) is 12.4. The molecular weight excluding hydrogens is 325 g/mol. The molecule has 3 rings (SSSR count). The SMILES string of the molecule is CO[C@@H]1C(=O)C(C)=C[C@]2(CO2)[C@H]1[C@@]1(C)O[C@@H]1C/C=C(\C)C(F)(F)F. The van der Waals surface area contributed by atoms with Crippen LogP contribution in [0.5, 0.6) is 0 Å². The van der Waals surface area contributed by atoms with Crippen LogP contribution in [0.2, 0.25) is 0 Å². The third kappa shape index (κ3) is 2.72. The molecule has 0 amide bonds. The van der Waals surface area contributed by atoms with Crippen LogP contribution in [-0.2, 0) is 19.0 Å². The molecule has 0 aromatic heterocycles. The molecule has 2 heterocycles. The number of Topliss-reactive ketones (excluding diaryl/α,β-unsaturated/α-hetero) is 1. The highest BCUT2D eigenvalue weighted by atomic mass is 19.4. The first kappa shape index (κ1) is 17.6. The van der Waals surface area contributed by atoms with Crippen LogP contribution in [0.3, 0.4) is 0 Å². The molecule has 2 aliphatic heterocycles. The fraction of sp³-hybridized carbons (Fsp3) is 0.706. The lowest BCUT2D eigenvalue weighted by atomic mass is 9.70. The van der Waals surface area contributed by atoms with Gasteiger partial charge in [0, 0.05) is 12.7 Å². The topological polar surface area (TPSA) is 51.4 Å². The smallest absolute Gasteiger partial charge is 0.373 e. The summed E-state index contributed by atoms with van der Waals surface area (Å²) in [6, 6.07) is 0. The molecule has 0 aromatic rings. The number of halogens is 3. The summed E-state index contributed by atoms with van der Waals surface area (Å²) in [7, 11) is 1.46. The number of ether oxygens (including phenoxy) is 3. The predicted molar refractivity (Wildman–Crippen MR) is 79.4 cm³/mol. The number of carbonyl (C=O) groups excluding carboxylic acids is 1. The van der Waals surface area contributed by atoms with Crippen molar-refractivity contribution in [3.8, 4) is 0 Å². The number of alkyl halides is 3. The van der Waals surface area contributed by atoms with Gasteiger partial charge in [0.1, 0.15) is 17.3 Å². The molecule has 2 fully saturated rings. The summed E-state index contributed by atoms with van der Waals surface area (Å²) in [5.41, 5.74) is -1.40. The lowest BCUT2D eigenvalue weighted by Crippen LogP contribution is -2.51. The minimum atomic E-state index is -4.33. The second-order valence-electron chi connectivity index (χ2n) is 6.98. The zero-order chi connectivity index (χ0) is 17.9. The van der Waals surface area contributed by atoms with Crippen molar-refractivity contribution in [1.29, 1.82) is 0 Å². The van der Waals surface area contributed by atoms with Gasteiger partial charge in [0.25, 0.3) is 0 Å². The summed E-state index contributed by atoms with van der Waals surface area (Å²) < 4.78 is 54.6. The van der Waals surface area contributed by atoms with Crippen molar-refractivity contribution in [2.24, 2.45) is 5.92 Å². The van der Waals surface area contributed by atoms with Crippen LogP contribution in [0.1, 0.15) is 27.2 Å². The quantitative estimate of drug-likeness (QED) is 0.580. The van der Waals surface area contributed by atoms with Crippen LogP contribution in [0.15, 0.2) is 23.3 Å². The molecule has 2 saturated heterocycles. The molecule has 0 radical (unpaired) electrons. The van der Waals surface area contributed by atoms with Gasteiger partial charge in [-0.15, -0.1) is 0 Å². The summed E-state index contributed by atoms with van der Waals surface area (Å²) in [5.74, 6) is -0.489. The first-order chi connectivity index (χ1) is 11.0. The van der Waals surface area contributed by atoms with E-state index < -0.39 is 35.2 Å². The molecule has 134 valence electrons. The van der Waals surface area contributed by atoms with Gasteiger partial charge in [-0.3, -0.25) is 4.79 Å². The van der Waals surface area contributed by atoms with Gasteiger partial charge in [0.05, 0.1) is 18.6 Å². The van der Waals surface area contributed by atoms with E-state index in [1.54, 1.807) is 13.0 Å². The molecule has 1 aliphatic carbocycles. The van der Waals surface area contributed by atoms with Crippen LogP contribution < -0.4 is 0 Å². The van der Waals surface area contributed by atoms with Gasteiger partial charge in [-0.2, -0.15) is 13.2 Å². The number of hydrogen-bond acceptors (Lipinski definition) is 4. The highest BCUT2D eigenvalue weighted by molar-refractivity contribution is 6.00. The van der Waals surface area contributed by atoms with Crippen LogP contribution >= 0.6 is 0 Å². The van der Waals surface area contributed by atoms with Gasteiger partial charge < -0.3 is 14.2 Å². The molecule has 4 nitrogen and oxygen atoms in total. The number of hydrogen-bond donors (Lipinski definition) is 0. The Morgan fingerprint density at radius 2 is 2.12 bits per heavy atom. The van der Waals surface area contributed by atoms with E-state index in [-0.39, 0.29) is 18.1 Å². The fourth-order valence-corrected chi connectivity index (χ4v) is 3.76. The summed E-state index contributed by atoms with van der Waals surface area (Å²) in [6.45, 7) is 5.04. The summed E-state index contributed by atoms with van der Waals surface area (Å²) >= 11 is 0. The highest BCUT2D eigenvalue weighted by Gasteiger charge is 2.71. The maximum absolute atomic E-state index is 12.6. The third-order valence-electron chi connectivity index (χ3n) is 5.35. The van der Waals surface area contributed by atoms with Gasteiger partial charge in [0.15, 0.2) is 5.78 Å². The Hall–Kier alpha value is -1.18. The minimum Gasteiger partial charge on any atom is -0.373 e. The summed E-state index contributed by atoms with van der Waals surface area (Å²) in [5, 5.41) is 0. The monoisotopic (exact) mass is 346 g/mol. The standard InChI is InChI=1S/C17H21F3O4/c1-9-7-16(8-23-16)14(13(22-4)12(9)21)15(3)11(24-15)6-5-10(2)17(18,19)20/h5,7,11,13-14H,6,8H2,1-4H3/b10-5+/t11-,13-,14-,15+,16+/m1/s1. The van der Waals surface area contributed by atoms with Crippen LogP contribution in [0.25, 0.3) is 0 Å². The number of carbonyl (C=O) groups is 1. The molecule has 1 spiro atoms. The molecular formula is C17H21F3O4. The van der Waals surface area contributed by atoms with E-state index in [2.05, 4.69) is 0 Å². The van der Waals surface area contributed by atoms with E-state index in [4.69, 9.17) is 14.2 Å². The van der Waals surface area contributed by atoms with Crippen molar-refractivity contribution in [3.63, 3.8) is 0 Å². The zero-order valence-electron chi connectivity index (χ0n) is 14.1. The Kier molecular flexibility index (Phi) is 3.97. The minimum absolute atomic E-state index is 0.124. The van der Waals surface area contributed by atoms with E-state index in [1.807, 2.05) is 6.92 Å². The lowest BCUT2D eigenvalue weighted by molar-refractivity contribution is -0.133. The normalized spacial score (nSPS) is 42.3. The van der Waals surface area contributed by atoms with Gasteiger partial charge in [-0.25, -0.2) is 0 Å². The molecule has 7 heteroatoms. The average molecular weight is 346 g/mol. The van der Waals surface area contributed by atoms with Crippen LogP contribution in [-0.4, -0.2) is 49.1 Å². The third-order valence-corrected chi connectivity index (χ3v) is 5.35. The Bertz CT molecular complexity index is 618. The second-order valence-corrected chi connectivity index (χ2v) is 6.98. The Morgan fingerprint density at radius 1 is 1.50 bits per heavy atom. The van der Waals surface area contributed by atoms with Gasteiger partial charge in [-0.1, -0.05) is 6.08 Å². The van der Waals surface area contributed by atoms with E-state index in [1.165, 1.54) is 7.11 Å². The largest absolute Gasteiger partial charge is 0.412 e. The second kappa shape index (κ2) is 5.41. The van der Waals surface area contributed by atoms with Crippen molar-refractivity contribution < 1.29 is 32.2 Å². The van der Waals surface area contributed by atoms with Crippen molar-refractivity contribution in [2.75, 3.05) is 13.7 Å². The molecule has 0 saturated carbocycles. The fourth-order valence-electron chi connectivity index (χ4n) is 3.76. The first-order valence-electron chi connectivity index (χ1n) is 7.87. The van der Waals surface area contributed by atoms with Gasteiger partial charge in [-0.05, 0) is 38.8 Å². The molecule has 0 bridgehead atoms. The Labute approximate surface area is 138 Å². The number of rotatable bonds is 4. The van der Waals surface area contributed by atoms with Crippen LogP contribution in [0, 0.1) is 5.92 Å². The molecule has 3 aliphatic rings. The van der Waals surface area contributed by atoms with E-state index in [0.717, 1.165) is 13.0 Å². The van der Waals surface area contributed by atoms with Crippen molar-refractivity contribution in [2.45, 2.75) is 56.8 Å². The number of allylic oxidation sites excluding steroid dienone is 1. The van der Waals surface area contributed by atoms with E-state index >= 15 is 0 Å². The molecule has 0 aromatic carbocycles. The van der Waals surface area contributed by atoms with Crippen molar-refractivity contribution in [3.05, 3.63) is 23.3 Å². The number of epoxide rings is 2.